The molecule has 1 aliphatic heterocycles. The Kier molecular flexibility index (Phi) is 4.79. The van der Waals surface area contributed by atoms with Gasteiger partial charge in [0, 0.05) is 10.6 Å². The van der Waals surface area contributed by atoms with Gasteiger partial charge in [-0.3, -0.25) is 0 Å². The van der Waals surface area contributed by atoms with Gasteiger partial charge in [-0.15, -0.1) is 0 Å². The number of hydrogen-bond donors (Lipinski definition) is 0. The normalized spacial score (nSPS) is 25.1. The lowest BCUT2D eigenvalue weighted by atomic mass is 9.63. The van der Waals surface area contributed by atoms with E-state index in [1.165, 1.54) is 69.8 Å². The summed E-state index contributed by atoms with van der Waals surface area (Å²) in [4.78, 5) is 0. The van der Waals surface area contributed by atoms with E-state index in [0.717, 1.165) is 16.3 Å². The lowest BCUT2D eigenvalue weighted by Gasteiger charge is -2.51. The van der Waals surface area contributed by atoms with Gasteiger partial charge in [-0.05, 0) is 62.1 Å². The molecule has 0 saturated heterocycles. The summed E-state index contributed by atoms with van der Waals surface area (Å²) in [5.74, 6) is 2.26. The number of halogens is 1. The molecule has 0 bridgehead atoms. The molecule has 3 aliphatic rings. The molecule has 0 spiro atoms. The van der Waals surface area contributed by atoms with E-state index in [9.17, 15) is 0 Å². The van der Waals surface area contributed by atoms with Crippen LogP contribution in [0.15, 0.2) is 12.1 Å². The smallest absolute Gasteiger partial charge is 0.190 e. The van der Waals surface area contributed by atoms with Gasteiger partial charge >= 0.3 is 0 Å². The number of benzene rings is 1. The summed E-state index contributed by atoms with van der Waals surface area (Å²) in [6, 6.07) is 4.17. The largest absolute Gasteiger partial charge is 0.467 e. The van der Waals surface area contributed by atoms with Crippen molar-refractivity contribution in [3.05, 3.63) is 28.3 Å². The third-order valence-corrected chi connectivity index (χ3v) is 6.80. The van der Waals surface area contributed by atoms with E-state index in [1.807, 2.05) is 6.07 Å². The SMILES string of the molecule is Cc1cc(Cl)cc2c1OCOC2(C1CCCCC1)C1CCCCC1. The number of rotatable bonds is 2. The second-order valence-electron chi connectivity index (χ2n) is 7.97. The highest BCUT2D eigenvalue weighted by molar-refractivity contribution is 6.30. The molecule has 0 amide bonds. The topological polar surface area (TPSA) is 18.5 Å². The van der Waals surface area contributed by atoms with Gasteiger partial charge < -0.3 is 9.47 Å². The summed E-state index contributed by atoms with van der Waals surface area (Å²) in [6.45, 7) is 2.50. The standard InChI is InChI=1S/C21H29ClO2/c1-15-12-18(22)13-19-20(15)23-14-24-21(19,16-8-4-2-5-9-16)17-10-6-3-7-11-17/h12-13,16-17H,2-11,14H2,1H3. The Morgan fingerprint density at radius 1 is 0.917 bits per heavy atom. The first-order valence-electron chi connectivity index (χ1n) is 9.79. The molecule has 2 saturated carbocycles. The highest BCUT2D eigenvalue weighted by Crippen LogP contribution is 2.56. The van der Waals surface area contributed by atoms with E-state index >= 15 is 0 Å². The number of fused-ring (bicyclic) bond motifs is 1. The second-order valence-corrected chi connectivity index (χ2v) is 8.41. The van der Waals surface area contributed by atoms with Crippen molar-refractivity contribution in [1.82, 2.24) is 0 Å². The van der Waals surface area contributed by atoms with Crippen molar-refractivity contribution in [3.8, 4) is 5.75 Å². The van der Waals surface area contributed by atoms with Crippen molar-refractivity contribution >= 4 is 11.6 Å². The van der Waals surface area contributed by atoms with E-state index in [1.54, 1.807) is 0 Å². The van der Waals surface area contributed by atoms with Gasteiger partial charge in [-0.25, -0.2) is 0 Å². The summed E-state index contributed by atoms with van der Waals surface area (Å²) in [7, 11) is 0. The number of hydrogen-bond acceptors (Lipinski definition) is 2. The third kappa shape index (κ3) is 2.76. The molecule has 2 fully saturated rings. The van der Waals surface area contributed by atoms with Gasteiger partial charge in [0.2, 0.25) is 0 Å². The molecule has 1 aromatic carbocycles. The summed E-state index contributed by atoms with van der Waals surface area (Å²) < 4.78 is 12.6. The first kappa shape index (κ1) is 16.7. The van der Waals surface area contributed by atoms with Crippen LogP contribution < -0.4 is 4.74 Å². The van der Waals surface area contributed by atoms with Crippen LogP contribution in [0.4, 0.5) is 0 Å². The fourth-order valence-electron chi connectivity index (χ4n) is 5.55. The minimum absolute atomic E-state index is 0.177. The van der Waals surface area contributed by atoms with Crippen LogP contribution in [0, 0.1) is 18.8 Å². The first-order chi connectivity index (χ1) is 11.7. The Morgan fingerprint density at radius 2 is 1.50 bits per heavy atom. The molecule has 24 heavy (non-hydrogen) atoms. The van der Waals surface area contributed by atoms with Crippen LogP contribution in [0.2, 0.25) is 5.02 Å². The average molecular weight is 349 g/mol. The van der Waals surface area contributed by atoms with Gasteiger partial charge in [-0.2, -0.15) is 0 Å². The zero-order valence-corrected chi connectivity index (χ0v) is 15.5. The molecule has 0 aromatic heterocycles. The van der Waals surface area contributed by atoms with E-state index in [-0.39, 0.29) is 5.60 Å². The number of aryl methyl sites for hydroxylation is 1. The van der Waals surface area contributed by atoms with Gasteiger partial charge in [0.15, 0.2) is 6.79 Å². The minimum Gasteiger partial charge on any atom is -0.467 e. The van der Waals surface area contributed by atoms with Gasteiger partial charge in [0.05, 0.1) is 0 Å². The summed E-state index contributed by atoms with van der Waals surface area (Å²) in [5.41, 5.74) is 2.22. The first-order valence-corrected chi connectivity index (χ1v) is 10.2. The monoisotopic (exact) mass is 348 g/mol. The van der Waals surface area contributed by atoms with E-state index in [2.05, 4.69) is 13.0 Å². The maximum absolute atomic E-state index is 6.60. The second kappa shape index (κ2) is 6.88. The van der Waals surface area contributed by atoms with Gasteiger partial charge in [-0.1, -0.05) is 50.1 Å². The Balaban J connectivity index is 1.84. The van der Waals surface area contributed by atoms with Crippen LogP contribution in [0.5, 0.6) is 5.75 Å². The Hall–Kier alpha value is -0.730. The van der Waals surface area contributed by atoms with Crippen LogP contribution in [0.1, 0.15) is 75.3 Å². The Bertz CT molecular complexity index is 568. The molecule has 1 heterocycles. The van der Waals surface area contributed by atoms with Crippen LogP contribution in [0.3, 0.4) is 0 Å². The minimum atomic E-state index is -0.177. The Labute approximate surface area is 150 Å². The fourth-order valence-corrected chi connectivity index (χ4v) is 5.82. The summed E-state index contributed by atoms with van der Waals surface area (Å²) in [6.07, 6.45) is 13.2. The van der Waals surface area contributed by atoms with E-state index < -0.39 is 0 Å². The molecular weight excluding hydrogens is 320 g/mol. The molecule has 0 radical (unpaired) electrons. The predicted molar refractivity (Wildman–Crippen MR) is 97.6 cm³/mol. The van der Waals surface area contributed by atoms with E-state index in [0.29, 0.717) is 18.6 Å². The molecule has 0 N–H and O–H groups in total. The maximum atomic E-state index is 6.60. The molecule has 0 atom stereocenters. The summed E-state index contributed by atoms with van der Waals surface area (Å²) >= 11 is 6.48. The zero-order chi connectivity index (χ0) is 16.6. The van der Waals surface area contributed by atoms with Crippen molar-refractivity contribution in [3.63, 3.8) is 0 Å². The summed E-state index contributed by atoms with van der Waals surface area (Å²) in [5, 5.41) is 0.816. The average Bonchev–Trinajstić information content (AvgIpc) is 2.63. The fraction of sp³-hybridized carbons (Fsp3) is 0.714. The molecule has 2 aliphatic carbocycles. The molecular formula is C21H29ClO2. The molecule has 4 rings (SSSR count). The van der Waals surface area contributed by atoms with Crippen molar-refractivity contribution in [2.75, 3.05) is 6.79 Å². The molecule has 0 unspecified atom stereocenters. The lowest BCUT2D eigenvalue weighted by Crippen LogP contribution is -2.49. The van der Waals surface area contributed by atoms with Crippen molar-refractivity contribution < 1.29 is 9.47 Å². The van der Waals surface area contributed by atoms with Crippen molar-refractivity contribution in [1.29, 1.82) is 0 Å². The third-order valence-electron chi connectivity index (χ3n) is 6.58. The molecule has 3 heteroatoms. The maximum Gasteiger partial charge on any atom is 0.190 e. The highest BCUT2D eigenvalue weighted by atomic mass is 35.5. The van der Waals surface area contributed by atoms with Gasteiger partial charge in [0.1, 0.15) is 11.4 Å². The van der Waals surface area contributed by atoms with Crippen molar-refractivity contribution in [2.24, 2.45) is 11.8 Å². The lowest BCUT2D eigenvalue weighted by molar-refractivity contribution is -0.202. The number of ether oxygens (including phenoxy) is 2. The van der Waals surface area contributed by atoms with Crippen molar-refractivity contribution in [2.45, 2.75) is 76.7 Å². The highest BCUT2D eigenvalue weighted by Gasteiger charge is 2.51. The Morgan fingerprint density at radius 3 is 2.08 bits per heavy atom. The van der Waals surface area contributed by atoms with Crippen LogP contribution in [-0.2, 0) is 10.3 Å². The van der Waals surface area contributed by atoms with Crippen LogP contribution in [-0.4, -0.2) is 6.79 Å². The quantitative estimate of drug-likeness (QED) is 0.618. The molecule has 132 valence electrons. The zero-order valence-electron chi connectivity index (χ0n) is 14.8. The van der Waals surface area contributed by atoms with Crippen LogP contribution >= 0.6 is 11.6 Å². The molecule has 2 nitrogen and oxygen atoms in total. The van der Waals surface area contributed by atoms with Gasteiger partial charge in [0.25, 0.3) is 0 Å². The predicted octanol–water partition coefficient (Wildman–Crippen LogP) is 6.37. The van der Waals surface area contributed by atoms with E-state index in [4.69, 9.17) is 21.1 Å². The molecule has 1 aromatic rings. The van der Waals surface area contributed by atoms with Crippen LogP contribution in [0.25, 0.3) is 0 Å².